The average molecular weight is 368 g/mol. The van der Waals surface area contributed by atoms with E-state index in [1.165, 1.54) is 0 Å². The molecule has 0 aliphatic heterocycles. The van der Waals surface area contributed by atoms with Crippen LogP contribution in [0.2, 0.25) is 0 Å². The molecule has 4 nitrogen and oxygen atoms in total. The number of halogens is 3. The maximum atomic E-state index is 12.7. The zero-order chi connectivity index (χ0) is 17.6. The molecular weight excluding hydrogens is 349 g/mol. The molecule has 25 heavy (non-hydrogen) atoms. The van der Waals surface area contributed by atoms with E-state index < -0.39 is 11.7 Å². The molecule has 0 radical (unpaired) electrons. The maximum absolute atomic E-state index is 12.7. The number of rotatable bonds is 6. The Morgan fingerprint density at radius 1 is 1.12 bits per heavy atom. The number of hydrogen-bond acceptors (Lipinski definition) is 3. The van der Waals surface area contributed by atoms with Crippen molar-refractivity contribution in [3.8, 4) is 0 Å². The molecule has 0 unspecified atom stereocenters. The van der Waals surface area contributed by atoms with Gasteiger partial charge in [-0.3, -0.25) is 4.90 Å². The molecule has 1 heterocycles. The Morgan fingerprint density at radius 2 is 1.80 bits per heavy atom. The lowest BCUT2D eigenvalue weighted by Crippen LogP contribution is -2.29. The van der Waals surface area contributed by atoms with Crippen LogP contribution in [0.25, 0.3) is 0 Å². The molecule has 2 aromatic rings. The van der Waals surface area contributed by atoms with Crippen molar-refractivity contribution in [2.75, 3.05) is 0 Å². The van der Waals surface area contributed by atoms with Gasteiger partial charge in [-0.25, -0.2) is 4.68 Å². The highest BCUT2D eigenvalue weighted by Crippen LogP contribution is 2.35. The summed E-state index contributed by atoms with van der Waals surface area (Å²) >= 11 is 5.50. The predicted molar refractivity (Wildman–Crippen MR) is 89.3 cm³/mol. The molecule has 0 spiro atoms. The molecule has 1 aromatic carbocycles. The number of alkyl halides is 3. The van der Waals surface area contributed by atoms with Gasteiger partial charge in [0, 0.05) is 18.6 Å². The summed E-state index contributed by atoms with van der Waals surface area (Å²) in [6.45, 7) is 1.17. The Morgan fingerprint density at radius 3 is 2.36 bits per heavy atom. The second-order valence-corrected chi connectivity index (χ2v) is 7.23. The highest BCUT2D eigenvalue weighted by Gasteiger charge is 2.32. The number of aromatic nitrogens is 3. The molecule has 2 aliphatic rings. The molecule has 1 aromatic heterocycles. The summed E-state index contributed by atoms with van der Waals surface area (Å²) in [6, 6.07) is 6.35. The van der Waals surface area contributed by atoms with Crippen molar-refractivity contribution in [3.63, 3.8) is 0 Å². The van der Waals surface area contributed by atoms with Crippen molar-refractivity contribution in [2.45, 2.75) is 57.2 Å². The highest BCUT2D eigenvalue weighted by molar-refractivity contribution is 7.71. The van der Waals surface area contributed by atoms with Crippen LogP contribution in [0.1, 0.15) is 42.9 Å². The summed E-state index contributed by atoms with van der Waals surface area (Å²) in [6.07, 6.45) is 2.02. The van der Waals surface area contributed by atoms with E-state index in [1.807, 2.05) is 9.25 Å². The molecular formula is C17H19F3N4S. The van der Waals surface area contributed by atoms with Gasteiger partial charge >= 0.3 is 6.18 Å². The van der Waals surface area contributed by atoms with Crippen molar-refractivity contribution >= 4 is 12.2 Å². The maximum Gasteiger partial charge on any atom is 0.416 e. The van der Waals surface area contributed by atoms with E-state index in [9.17, 15) is 13.2 Å². The number of nitrogens with zero attached hydrogens (tertiary/aromatic N) is 4. The molecule has 2 saturated carbocycles. The van der Waals surface area contributed by atoms with Crippen LogP contribution in [0, 0.1) is 4.77 Å². The molecule has 0 N–H and O–H groups in total. The lowest BCUT2D eigenvalue weighted by molar-refractivity contribution is -0.137. The molecule has 134 valence electrons. The van der Waals surface area contributed by atoms with E-state index in [1.54, 1.807) is 18.5 Å². The summed E-state index contributed by atoms with van der Waals surface area (Å²) in [4.78, 5) is 2.24. The van der Waals surface area contributed by atoms with Crippen LogP contribution in [0.3, 0.4) is 0 Å². The average Bonchev–Trinajstić information content (AvgIpc) is 3.46. The predicted octanol–water partition coefficient (Wildman–Crippen LogP) is 4.39. The summed E-state index contributed by atoms with van der Waals surface area (Å²) < 4.78 is 42.6. The second kappa shape index (κ2) is 6.25. The minimum absolute atomic E-state index is 0.454. The van der Waals surface area contributed by atoms with Crippen molar-refractivity contribution in [1.82, 2.24) is 19.2 Å². The van der Waals surface area contributed by atoms with Gasteiger partial charge in [-0.1, -0.05) is 12.1 Å². The van der Waals surface area contributed by atoms with Gasteiger partial charge in [0.1, 0.15) is 6.33 Å². The standard InChI is InChI=1S/C17H19F3N4S/c18-17(19,20)13-3-1-12(2-4-13)9-22(14-5-6-14)11-24-16(25)23(10-21-24)15-7-8-15/h1-4,10,14-15H,5-9,11H2. The number of hydrogen-bond donors (Lipinski definition) is 0. The molecule has 0 bridgehead atoms. The molecule has 8 heteroatoms. The Balaban J connectivity index is 1.47. The third-order valence-electron chi connectivity index (χ3n) is 4.74. The highest BCUT2D eigenvalue weighted by atomic mass is 32.1. The molecule has 0 saturated heterocycles. The summed E-state index contributed by atoms with van der Waals surface area (Å²) in [5, 5.41) is 4.40. The quantitative estimate of drug-likeness (QED) is 0.708. The second-order valence-electron chi connectivity index (χ2n) is 6.87. The number of benzene rings is 1. The fourth-order valence-corrected chi connectivity index (χ4v) is 3.29. The fourth-order valence-electron chi connectivity index (χ4n) is 2.99. The molecule has 2 aliphatic carbocycles. The lowest BCUT2D eigenvalue weighted by atomic mass is 10.1. The van der Waals surface area contributed by atoms with E-state index in [0.717, 1.165) is 48.2 Å². The third-order valence-corrected chi connectivity index (χ3v) is 5.16. The first-order chi connectivity index (χ1) is 11.9. The summed E-state index contributed by atoms with van der Waals surface area (Å²) in [5.41, 5.74) is 0.257. The largest absolute Gasteiger partial charge is 0.416 e. The first kappa shape index (κ1) is 16.8. The minimum atomic E-state index is -4.29. The molecule has 0 atom stereocenters. The topological polar surface area (TPSA) is 26.0 Å². The Bertz CT molecular complexity index is 801. The zero-order valence-corrected chi connectivity index (χ0v) is 14.4. The van der Waals surface area contributed by atoms with Crippen LogP contribution in [-0.2, 0) is 19.4 Å². The lowest BCUT2D eigenvalue weighted by Gasteiger charge is -2.22. The summed E-state index contributed by atoms with van der Waals surface area (Å²) in [5.74, 6) is 0. The first-order valence-corrected chi connectivity index (χ1v) is 8.87. The normalized spacial score (nSPS) is 18.1. The zero-order valence-electron chi connectivity index (χ0n) is 13.6. The van der Waals surface area contributed by atoms with Crippen molar-refractivity contribution in [3.05, 3.63) is 46.5 Å². The Kier molecular flexibility index (Phi) is 4.19. The first-order valence-electron chi connectivity index (χ1n) is 8.46. The minimum Gasteiger partial charge on any atom is -0.303 e. The van der Waals surface area contributed by atoms with Crippen LogP contribution in [-0.4, -0.2) is 25.3 Å². The summed E-state index contributed by atoms with van der Waals surface area (Å²) in [7, 11) is 0. The van der Waals surface area contributed by atoms with Crippen LogP contribution < -0.4 is 0 Å². The van der Waals surface area contributed by atoms with E-state index in [-0.39, 0.29) is 0 Å². The molecule has 4 rings (SSSR count). The Labute approximate surface area is 148 Å². The van der Waals surface area contributed by atoms with E-state index in [0.29, 0.717) is 25.3 Å². The Hall–Kier alpha value is -1.67. The van der Waals surface area contributed by atoms with Gasteiger partial charge in [-0.15, -0.1) is 0 Å². The van der Waals surface area contributed by atoms with Gasteiger partial charge in [0.25, 0.3) is 0 Å². The molecule has 2 fully saturated rings. The third kappa shape index (κ3) is 3.79. The van der Waals surface area contributed by atoms with Crippen LogP contribution >= 0.6 is 12.2 Å². The SMILES string of the molecule is FC(F)(F)c1ccc(CN(Cn2ncn(C3CC3)c2=S)C2CC2)cc1. The molecule has 0 amide bonds. The smallest absolute Gasteiger partial charge is 0.303 e. The van der Waals surface area contributed by atoms with E-state index >= 15 is 0 Å². The van der Waals surface area contributed by atoms with E-state index in [4.69, 9.17) is 12.2 Å². The van der Waals surface area contributed by atoms with Gasteiger partial charge < -0.3 is 4.57 Å². The van der Waals surface area contributed by atoms with Crippen LogP contribution in [0.15, 0.2) is 30.6 Å². The fraction of sp³-hybridized carbons (Fsp3) is 0.529. The van der Waals surface area contributed by atoms with Gasteiger partial charge in [0.05, 0.1) is 12.2 Å². The van der Waals surface area contributed by atoms with Gasteiger partial charge in [-0.2, -0.15) is 18.3 Å². The van der Waals surface area contributed by atoms with Crippen LogP contribution in [0.4, 0.5) is 13.2 Å². The van der Waals surface area contributed by atoms with E-state index in [2.05, 4.69) is 10.00 Å². The van der Waals surface area contributed by atoms with Crippen molar-refractivity contribution in [2.24, 2.45) is 0 Å². The van der Waals surface area contributed by atoms with Crippen molar-refractivity contribution < 1.29 is 13.2 Å². The monoisotopic (exact) mass is 368 g/mol. The van der Waals surface area contributed by atoms with Gasteiger partial charge in [0.2, 0.25) is 0 Å². The van der Waals surface area contributed by atoms with Crippen molar-refractivity contribution in [1.29, 1.82) is 0 Å². The van der Waals surface area contributed by atoms with Crippen LogP contribution in [0.5, 0.6) is 0 Å². The van der Waals surface area contributed by atoms with Gasteiger partial charge in [-0.05, 0) is 55.6 Å². The van der Waals surface area contributed by atoms with Gasteiger partial charge in [0.15, 0.2) is 4.77 Å².